The highest BCUT2D eigenvalue weighted by molar-refractivity contribution is 7.13. The minimum absolute atomic E-state index is 0.153. The van der Waals surface area contributed by atoms with Crippen LogP contribution in [0.4, 0.5) is 10.1 Å². The maximum Gasteiger partial charge on any atom is 0.279 e. The van der Waals surface area contributed by atoms with Crippen molar-refractivity contribution in [2.75, 3.05) is 18.9 Å². The van der Waals surface area contributed by atoms with Gasteiger partial charge in [-0.1, -0.05) is 12.1 Å². The van der Waals surface area contributed by atoms with E-state index in [1.165, 1.54) is 23.5 Å². The number of anilines is 1. The predicted molar refractivity (Wildman–Crippen MR) is 92.8 cm³/mol. The van der Waals surface area contributed by atoms with Crippen LogP contribution in [-0.2, 0) is 4.79 Å². The van der Waals surface area contributed by atoms with E-state index in [2.05, 4.69) is 15.5 Å². The molecule has 1 unspecified atom stereocenters. The van der Waals surface area contributed by atoms with Crippen LogP contribution in [0.25, 0.3) is 10.8 Å². The summed E-state index contributed by atoms with van der Waals surface area (Å²) in [6, 6.07) is 9.48. The Morgan fingerprint density at radius 3 is 2.92 bits per heavy atom. The Kier molecular flexibility index (Phi) is 5.20. The van der Waals surface area contributed by atoms with E-state index >= 15 is 0 Å². The van der Waals surface area contributed by atoms with Gasteiger partial charge in [-0.15, -0.1) is 21.5 Å². The molecule has 2 N–H and O–H groups in total. The summed E-state index contributed by atoms with van der Waals surface area (Å²) in [5.74, 6) is 0.347. The molecule has 0 radical (unpaired) electrons. The van der Waals surface area contributed by atoms with Crippen LogP contribution in [0.3, 0.4) is 0 Å². The second-order valence-electron chi connectivity index (χ2n) is 5.73. The molecule has 1 amide bonds. The Morgan fingerprint density at radius 1 is 1.36 bits per heavy atom. The Hall–Kier alpha value is -2.58. The van der Waals surface area contributed by atoms with E-state index in [1.54, 1.807) is 12.1 Å². The Morgan fingerprint density at radius 2 is 2.20 bits per heavy atom. The van der Waals surface area contributed by atoms with Crippen molar-refractivity contribution in [1.82, 2.24) is 10.2 Å². The van der Waals surface area contributed by atoms with Crippen LogP contribution in [0, 0.1) is 5.82 Å². The number of aromatic nitrogens is 2. The highest BCUT2D eigenvalue weighted by Gasteiger charge is 2.24. The first-order valence-electron chi connectivity index (χ1n) is 7.78. The number of benzene rings is 1. The van der Waals surface area contributed by atoms with Gasteiger partial charge in [0.25, 0.3) is 17.7 Å². The van der Waals surface area contributed by atoms with Gasteiger partial charge in [-0.2, -0.15) is 0 Å². The lowest BCUT2D eigenvalue weighted by Crippen LogP contribution is -3.10. The molecular weight excluding hydrogens is 343 g/mol. The van der Waals surface area contributed by atoms with Gasteiger partial charge in [-0.25, -0.2) is 4.39 Å². The molecule has 0 aliphatic rings. The van der Waals surface area contributed by atoms with Crippen LogP contribution in [-0.4, -0.2) is 29.7 Å². The van der Waals surface area contributed by atoms with Crippen molar-refractivity contribution < 1.29 is 18.5 Å². The molecule has 2 aromatic heterocycles. The number of quaternary nitrogens is 1. The maximum absolute atomic E-state index is 13.2. The summed E-state index contributed by atoms with van der Waals surface area (Å²) in [5.41, 5.74) is 0.434. The average Bonchev–Trinajstić information content (AvgIpc) is 3.25. The van der Waals surface area contributed by atoms with Crippen molar-refractivity contribution in [2.24, 2.45) is 0 Å². The monoisotopic (exact) mass is 361 g/mol. The molecule has 0 saturated heterocycles. The van der Waals surface area contributed by atoms with Crippen molar-refractivity contribution in [3.63, 3.8) is 0 Å². The first-order valence-corrected chi connectivity index (χ1v) is 8.66. The quantitative estimate of drug-likeness (QED) is 0.706. The van der Waals surface area contributed by atoms with E-state index in [1.807, 2.05) is 31.5 Å². The highest BCUT2D eigenvalue weighted by atomic mass is 32.1. The van der Waals surface area contributed by atoms with Crippen LogP contribution in [0.2, 0.25) is 0 Å². The van der Waals surface area contributed by atoms with Gasteiger partial charge in [-0.3, -0.25) is 4.79 Å². The zero-order valence-corrected chi connectivity index (χ0v) is 14.6. The molecule has 130 valence electrons. The van der Waals surface area contributed by atoms with E-state index < -0.39 is 0 Å². The third kappa shape index (κ3) is 4.28. The fraction of sp³-hybridized carbons (Fsp3) is 0.235. The van der Waals surface area contributed by atoms with Gasteiger partial charge < -0.3 is 14.6 Å². The summed E-state index contributed by atoms with van der Waals surface area (Å²) >= 11 is 1.52. The van der Waals surface area contributed by atoms with Gasteiger partial charge in [-0.05, 0) is 36.6 Å². The number of nitrogens with zero attached hydrogens (tertiary/aromatic N) is 2. The summed E-state index contributed by atoms with van der Waals surface area (Å²) in [7, 11) is 1.87. The minimum Gasteiger partial charge on any atom is -0.414 e. The molecule has 0 aliphatic carbocycles. The molecule has 1 aromatic carbocycles. The summed E-state index contributed by atoms with van der Waals surface area (Å²) in [6.45, 7) is 2.10. The number of carbonyl (C=O) groups excluding carboxylic acids is 1. The number of halogens is 1. The molecule has 3 rings (SSSR count). The number of hydrogen-bond acceptors (Lipinski definition) is 5. The summed E-state index contributed by atoms with van der Waals surface area (Å²) in [4.78, 5) is 13.9. The smallest absolute Gasteiger partial charge is 0.279 e. The molecule has 0 aliphatic heterocycles. The molecule has 6 nitrogen and oxygen atoms in total. The SMILES string of the molecule is C[C@@H](c1nnc(-c2cccs2)o1)[NH+](C)CC(=O)Nc1cccc(F)c1. The average molecular weight is 361 g/mol. The molecule has 2 atom stereocenters. The third-order valence-corrected chi connectivity index (χ3v) is 4.69. The van der Waals surface area contributed by atoms with Gasteiger partial charge in [0.05, 0.1) is 11.9 Å². The lowest BCUT2D eigenvalue weighted by molar-refractivity contribution is -0.903. The summed E-state index contributed by atoms with van der Waals surface area (Å²) in [6.07, 6.45) is 0. The van der Waals surface area contributed by atoms with Crippen molar-refractivity contribution in [3.8, 4) is 10.8 Å². The standard InChI is InChI=1S/C17H17FN4O2S/c1-11(16-20-21-17(24-16)14-7-4-8-25-14)22(2)10-15(23)19-13-6-3-5-12(18)9-13/h3-9,11H,10H2,1-2H3,(H,19,23)/p+1/t11-/m0/s1. The van der Waals surface area contributed by atoms with Crippen molar-refractivity contribution in [3.05, 3.63) is 53.5 Å². The van der Waals surface area contributed by atoms with Gasteiger partial charge in [0.15, 0.2) is 12.6 Å². The number of amides is 1. The summed E-state index contributed by atoms with van der Waals surface area (Å²) < 4.78 is 18.9. The zero-order valence-electron chi connectivity index (χ0n) is 13.8. The predicted octanol–water partition coefficient (Wildman–Crippen LogP) is 2.15. The Bertz CT molecular complexity index is 850. The number of carbonyl (C=O) groups is 1. The Labute approximate surface area is 148 Å². The van der Waals surface area contributed by atoms with Gasteiger partial charge >= 0.3 is 0 Å². The molecule has 0 fully saturated rings. The van der Waals surface area contributed by atoms with E-state index in [0.717, 1.165) is 9.78 Å². The fourth-order valence-corrected chi connectivity index (χ4v) is 2.94. The number of rotatable bonds is 6. The van der Waals surface area contributed by atoms with Crippen LogP contribution in [0.5, 0.6) is 0 Å². The van der Waals surface area contributed by atoms with Crippen LogP contribution in [0.1, 0.15) is 18.9 Å². The van der Waals surface area contributed by atoms with E-state index in [9.17, 15) is 9.18 Å². The second kappa shape index (κ2) is 7.54. The molecule has 25 heavy (non-hydrogen) atoms. The minimum atomic E-state index is -0.390. The Balaban J connectivity index is 1.60. The number of likely N-dealkylation sites (N-methyl/N-ethyl adjacent to an activating group) is 1. The second-order valence-corrected chi connectivity index (χ2v) is 6.67. The van der Waals surface area contributed by atoms with Crippen LogP contribution >= 0.6 is 11.3 Å². The lowest BCUT2D eigenvalue weighted by Gasteiger charge is -2.18. The van der Waals surface area contributed by atoms with Gasteiger partial charge in [0, 0.05) is 5.69 Å². The van der Waals surface area contributed by atoms with Crippen LogP contribution < -0.4 is 10.2 Å². The molecular formula is C17H18FN4O2S+. The highest BCUT2D eigenvalue weighted by Crippen LogP contribution is 2.24. The molecule has 8 heteroatoms. The molecule has 2 heterocycles. The normalized spacial score (nSPS) is 13.4. The summed E-state index contributed by atoms with van der Waals surface area (Å²) in [5, 5.41) is 12.8. The number of nitrogens with one attached hydrogen (secondary N) is 2. The van der Waals surface area contributed by atoms with Gasteiger partial charge in [0.2, 0.25) is 0 Å². The molecule has 0 bridgehead atoms. The first kappa shape index (κ1) is 17.2. The topological polar surface area (TPSA) is 72.5 Å². The number of hydrogen-bond donors (Lipinski definition) is 2. The largest absolute Gasteiger partial charge is 0.414 e. The van der Waals surface area contributed by atoms with Crippen LogP contribution in [0.15, 0.2) is 46.2 Å². The first-order chi connectivity index (χ1) is 12.0. The zero-order chi connectivity index (χ0) is 17.8. The maximum atomic E-state index is 13.2. The van der Waals surface area contributed by atoms with Crippen molar-refractivity contribution >= 4 is 22.9 Å². The molecule has 0 spiro atoms. The molecule has 0 saturated carbocycles. The van der Waals surface area contributed by atoms with E-state index in [0.29, 0.717) is 17.5 Å². The van der Waals surface area contributed by atoms with Crippen molar-refractivity contribution in [1.29, 1.82) is 0 Å². The lowest BCUT2D eigenvalue weighted by atomic mass is 10.3. The van der Waals surface area contributed by atoms with Gasteiger partial charge in [0.1, 0.15) is 5.82 Å². The van der Waals surface area contributed by atoms with E-state index in [4.69, 9.17) is 4.42 Å². The third-order valence-electron chi connectivity index (χ3n) is 3.83. The van der Waals surface area contributed by atoms with Crippen molar-refractivity contribution in [2.45, 2.75) is 13.0 Å². The number of thiophene rings is 1. The van der Waals surface area contributed by atoms with E-state index in [-0.39, 0.29) is 24.3 Å². The molecule has 3 aromatic rings. The fourth-order valence-electron chi connectivity index (χ4n) is 2.30.